The van der Waals surface area contributed by atoms with Gasteiger partial charge in [-0.3, -0.25) is 29.5 Å². The lowest BCUT2D eigenvalue weighted by Crippen LogP contribution is -2.46. The summed E-state index contributed by atoms with van der Waals surface area (Å²) >= 11 is 7.91. The van der Waals surface area contributed by atoms with E-state index in [2.05, 4.69) is 54.1 Å². The zero-order chi connectivity index (χ0) is 49.9. The molecule has 71 heavy (non-hydrogen) atoms. The molecule has 0 saturated carbocycles. The summed E-state index contributed by atoms with van der Waals surface area (Å²) in [6.07, 6.45) is 4.02. The predicted octanol–water partition coefficient (Wildman–Crippen LogP) is 9.06. The zero-order valence-electron chi connectivity index (χ0n) is 40.3. The summed E-state index contributed by atoms with van der Waals surface area (Å²) in [4.78, 5) is 44.9. The molecule has 3 N–H and O–H groups in total. The number of aromatic nitrogens is 2. The minimum atomic E-state index is -4.15. The van der Waals surface area contributed by atoms with Gasteiger partial charge in [-0.05, 0) is 119 Å². The average molecular weight is 1020 g/mol. The smallest absolute Gasteiger partial charge is 0.293 e. The maximum Gasteiger partial charge on any atom is 0.293 e. The molecule has 0 spiro atoms. The van der Waals surface area contributed by atoms with Gasteiger partial charge in [0, 0.05) is 103 Å². The number of nitro benzene ring substituents is 1. The van der Waals surface area contributed by atoms with E-state index in [1.807, 2.05) is 93.0 Å². The van der Waals surface area contributed by atoms with Crippen molar-refractivity contribution in [3.05, 3.63) is 154 Å². The van der Waals surface area contributed by atoms with Gasteiger partial charge in [0.2, 0.25) is 0 Å². The fraction of sp³-hybridized carbons (Fsp3) is 0.340. The molecular formula is C53H61ClN10O5S2. The van der Waals surface area contributed by atoms with E-state index < -0.39 is 14.9 Å². The average Bonchev–Trinajstić information content (AvgIpc) is 3.38. The second-order valence-electron chi connectivity index (χ2n) is 18.4. The van der Waals surface area contributed by atoms with E-state index in [1.165, 1.54) is 18.3 Å². The van der Waals surface area contributed by atoms with Gasteiger partial charge in [0.25, 0.3) is 21.6 Å². The SMILES string of the molecule is CN(C)CC[C@H](CSc1ccccc1)Nc1ccc(S(=O)(=O)Nc2ccc(C3CCN(c4cccc(-c5nc(C(=O)NCCN6CCN(C)CC6)cnc5-c5ccc(Cl)cc5)c4)CC3)cc2)cc1[N+](=O)[O-]. The number of halogens is 1. The number of piperazine rings is 1. The third-order valence-electron chi connectivity index (χ3n) is 13.0. The lowest BCUT2D eigenvalue weighted by Gasteiger charge is -2.34. The molecule has 1 amide bonds. The van der Waals surface area contributed by atoms with Crippen molar-refractivity contribution >= 4 is 62.0 Å². The van der Waals surface area contributed by atoms with Gasteiger partial charge in [-0.2, -0.15) is 0 Å². The molecule has 0 aliphatic carbocycles. The Balaban J connectivity index is 0.902. The monoisotopic (exact) mass is 1020 g/mol. The Labute approximate surface area is 426 Å². The summed E-state index contributed by atoms with van der Waals surface area (Å²) < 4.78 is 30.0. The standard InChI is InChI=1S/C53H61ClN10O5S2/c1-60(2)26-24-44(37-70-46-10-5-4-6-11-46)57-48-21-20-47(35-50(48)64(66)67)71(68,69)59-43-18-14-38(15-19-43)39-22-27-63(28-23-39)45-9-7-8-41(34-45)52-51(40-12-16-42(54)17-13-40)56-36-49(58-52)53(65)55-25-29-62-32-30-61(3)31-33-62/h4-21,34-36,39,44,57,59H,22-33,37H2,1-3H3,(H,55,65)/t44-/m1/s1. The molecule has 8 rings (SSSR count). The van der Waals surface area contributed by atoms with Gasteiger partial charge in [-0.15, -0.1) is 11.8 Å². The third-order valence-corrected chi connectivity index (χ3v) is 15.8. The van der Waals surface area contributed by atoms with Crippen LogP contribution in [0.4, 0.5) is 22.7 Å². The van der Waals surface area contributed by atoms with Crippen LogP contribution in [0.2, 0.25) is 5.02 Å². The summed E-state index contributed by atoms with van der Waals surface area (Å²) in [6, 6.07) is 36.9. The van der Waals surface area contributed by atoms with Crippen LogP contribution < -0.4 is 20.3 Å². The topological polar surface area (TPSA) is 169 Å². The van der Waals surface area contributed by atoms with E-state index in [1.54, 1.807) is 23.9 Å². The van der Waals surface area contributed by atoms with Crippen molar-refractivity contribution in [1.82, 2.24) is 30.0 Å². The Bertz CT molecular complexity index is 2860. The van der Waals surface area contributed by atoms with Crippen molar-refractivity contribution in [3.8, 4) is 22.5 Å². The lowest BCUT2D eigenvalue weighted by molar-refractivity contribution is -0.384. The number of anilines is 3. The Morgan fingerprint density at radius 2 is 1.61 bits per heavy atom. The van der Waals surface area contributed by atoms with Crippen molar-refractivity contribution in [2.45, 2.75) is 41.0 Å². The minimum absolute atomic E-state index is 0.109. The number of thioether (sulfide) groups is 1. The quantitative estimate of drug-likeness (QED) is 0.0377. The number of rotatable bonds is 20. The molecule has 2 aliphatic heterocycles. The number of nitrogens with zero attached hydrogens (tertiary/aromatic N) is 7. The molecule has 18 heteroatoms. The van der Waals surface area contributed by atoms with E-state index in [9.17, 15) is 23.3 Å². The molecule has 3 heterocycles. The Hall–Kier alpha value is -6.08. The van der Waals surface area contributed by atoms with Crippen LogP contribution in [0.15, 0.2) is 137 Å². The van der Waals surface area contributed by atoms with Crippen molar-refractivity contribution in [1.29, 1.82) is 0 Å². The van der Waals surface area contributed by atoms with E-state index in [0.717, 1.165) is 105 Å². The first kappa shape index (κ1) is 51.3. The molecule has 2 fully saturated rings. The number of carbonyl (C=O) groups is 1. The highest BCUT2D eigenvalue weighted by Crippen LogP contribution is 2.36. The van der Waals surface area contributed by atoms with E-state index in [-0.39, 0.29) is 39.8 Å². The second-order valence-corrected chi connectivity index (χ2v) is 21.6. The van der Waals surface area contributed by atoms with Gasteiger partial charge in [0.1, 0.15) is 11.4 Å². The number of hydrogen-bond donors (Lipinski definition) is 3. The summed E-state index contributed by atoms with van der Waals surface area (Å²) in [5.41, 5.74) is 5.64. The van der Waals surface area contributed by atoms with Crippen LogP contribution in [0.1, 0.15) is 41.2 Å². The van der Waals surface area contributed by atoms with Crippen molar-refractivity contribution in [2.24, 2.45) is 0 Å². The highest BCUT2D eigenvalue weighted by molar-refractivity contribution is 7.99. The minimum Gasteiger partial charge on any atom is -0.376 e. The van der Waals surface area contributed by atoms with Gasteiger partial charge in [0.05, 0.1) is 27.4 Å². The fourth-order valence-corrected chi connectivity index (χ4v) is 11.1. The number of amides is 1. The number of nitro groups is 1. The van der Waals surface area contributed by atoms with Crippen LogP contribution in [0.3, 0.4) is 0 Å². The Kier molecular flexibility index (Phi) is 17.3. The number of sulfonamides is 1. The summed E-state index contributed by atoms with van der Waals surface area (Å²) in [6.45, 7) is 7.61. The molecule has 5 aromatic carbocycles. The van der Waals surface area contributed by atoms with Gasteiger partial charge in [-0.1, -0.05) is 66.2 Å². The molecule has 2 saturated heterocycles. The van der Waals surface area contributed by atoms with E-state index in [0.29, 0.717) is 34.4 Å². The lowest BCUT2D eigenvalue weighted by atomic mass is 9.89. The fourth-order valence-electron chi connectivity index (χ4n) is 8.86. The first-order chi connectivity index (χ1) is 34.3. The van der Waals surface area contributed by atoms with Gasteiger partial charge in [-0.25, -0.2) is 13.4 Å². The molecule has 372 valence electrons. The number of hydrogen-bond acceptors (Lipinski definition) is 13. The molecule has 0 radical (unpaired) electrons. The molecule has 0 unspecified atom stereocenters. The van der Waals surface area contributed by atoms with Gasteiger partial charge < -0.3 is 25.3 Å². The van der Waals surface area contributed by atoms with Crippen molar-refractivity contribution in [2.75, 3.05) is 101 Å². The van der Waals surface area contributed by atoms with Crippen LogP contribution in [0, 0.1) is 10.1 Å². The van der Waals surface area contributed by atoms with E-state index >= 15 is 0 Å². The normalized spacial score (nSPS) is 15.4. The van der Waals surface area contributed by atoms with Crippen LogP contribution in [-0.2, 0) is 10.0 Å². The van der Waals surface area contributed by atoms with Crippen LogP contribution in [0.25, 0.3) is 22.5 Å². The number of nitrogens with one attached hydrogen (secondary N) is 3. The number of benzene rings is 5. The zero-order valence-corrected chi connectivity index (χ0v) is 42.7. The Morgan fingerprint density at radius 1 is 0.873 bits per heavy atom. The van der Waals surface area contributed by atoms with Crippen LogP contribution in [0.5, 0.6) is 0 Å². The first-order valence-corrected chi connectivity index (χ1v) is 26.8. The number of carbonyl (C=O) groups excluding carboxylic acids is 1. The van der Waals surface area contributed by atoms with Crippen molar-refractivity contribution in [3.63, 3.8) is 0 Å². The summed E-state index contributed by atoms with van der Waals surface area (Å²) in [7, 11) is 1.93. The van der Waals surface area contributed by atoms with Gasteiger partial charge in [0.15, 0.2) is 0 Å². The van der Waals surface area contributed by atoms with Crippen LogP contribution >= 0.6 is 23.4 Å². The third kappa shape index (κ3) is 13.9. The molecule has 6 aromatic rings. The second kappa shape index (κ2) is 23.9. The van der Waals surface area contributed by atoms with Crippen LogP contribution in [-0.4, -0.2) is 136 Å². The molecular weight excluding hydrogens is 956 g/mol. The molecule has 0 bridgehead atoms. The predicted molar refractivity (Wildman–Crippen MR) is 286 cm³/mol. The highest BCUT2D eigenvalue weighted by atomic mass is 35.5. The maximum atomic E-state index is 13.7. The summed E-state index contributed by atoms with van der Waals surface area (Å²) in [5, 5.41) is 19.3. The number of piperidine rings is 1. The largest absolute Gasteiger partial charge is 0.376 e. The molecule has 1 atom stereocenters. The van der Waals surface area contributed by atoms with E-state index in [4.69, 9.17) is 21.6 Å². The highest BCUT2D eigenvalue weighted by Gasteiger charge is 2.26. The molecule has 1 aromatic heterocycles. The van der Waals surface area contributed by atoms with Crippen molar-refractivity contribution < 1.29 is 18.1 Å². The first-order valence-electron chi connectivity index (χ1n) is 24.0. The van der Waals surface area contributed by atoms with Gasteiger partial charge >= 0.3 is 0 Å². The summed E-state index contributed by atoms with van der Waals surface area (Å²) in [5.74, 6) is 0.655. The number of likely N-dealkylation sites (N-methyl/N-ethyl adjacent to an activating group) is 1. The maximum absolute atomic E-state index is 13.7. The molecule has 2 aliphatic rings. The Morgan fingerprint density at radius 3 is 2.31 bits per heavy atom. The molecule has 15 nitrogen and oxygen atoms in total.